The van der Waals surface area contributed by atoms with Crippen molar-refractivity contribution >= 4 is 17.0 Å². The fourth-order valence-corrected chi connectivity index (χ4v) is 2.03. The Hall–Kier alpha value is -2.50. The minimum Gasteiger partial charge on any atom is -0.352 e. The van der Waals surface area contributed by atoms with Crippen molar-refractivity contribution in [2.75, 3.05) is 5.32 Å². The van der Waals surface area contributed by atoms with Crippen LogP contribution in [0.25, 0.3) is 11.0 Å². The van der Waals surface area contributed by atoms with E-state index in [1.807, 2.05) is 24.3 Å². The van der Waals surface area contributed by atoms with Crippen molar-refractivity contribution < 1.29 is 13.2 Å². The second-order valence-electron chi connectivity index (χ2n) is 4.65. The molecular weight excluding hydrogens is 279 g/mol. The van der Waals surface area contributed by atoms with Crippen molar-refractivity contribution in [2.24, 2.45) is 0 Å². The normalized spacial score (nSPS) is 11.8. The number of nitrogens with zero attached hydrogens (tertiary/aromatic N) is 1. The Morgan fingerprint density at radius 3 is 2.38 bits per heavy atom. The van der Waals surface area contributed by atoms with Gasteiger partial charge in [0.2, 0.25) is 5.95 Å². The van der Waals surface area contributed by atoms with Gasteiger partial charge in [0.25, 0.3) is 0 Å². The monoisotopic (exact) mass is 291 g/mol. The minimum absolute atomic E-state index is 0.401. The number of benzene rings is 2. The predicted octanol–water partition coefficient (Wildman–Crippen LogP) is 4.19. The Morgan fingerprint density at radius 2 is 1.71 bits per heavy atom. The highest BCUT2D eigenvalue weighted by atomic mass is 19.4. The van der Waals surface area contributed by atoms with Gasteiger partial charge in [-0.3, -0.25) is 0 Å². The van der Waals surface area contributed by atoms with E-state index in [2.05, 4.69) is 15.3 Å². The number of rotatable bonds is 3. The molecule has 0 saturated carbocycles. The van der Waals surface area contributed by atoms with Gasteiger partial charge in [-0.05, 0) is 29.8 Å². The fraction of sp³-hybridized carbons (Fsp3) is 0.133. The zero-order chi connectivity index (χ0) is 14.9. The Labute approximate surface area is 118 Å². The molecule has 0 amide bonds. The molecule has 0 spiro atoms. The van der Waals surface area contributed by atoms with Crippen LogP contribution in [0, 0.1) is 0 Å². The number of hydrogen-bond donors (Lipinski definition) is 2. The summed E-state index contributed by atoms with van der Waals surface area (Å²) in [4.78, 5) is 7.44. The van der Waals surface area contributed by atoms with Gasteiger partial charge in [-0.15, -0.1) is 0 Å². The number of nitrogens with one attached hydrogen (secondary N) is 2. The summed E-state index contributed by atoms with van der Waals surface area (Å²) in [6.45, 7) is 0.401. The van der Waals surface area contributed by atoms with Gasteiger partial charge in [0, 0.05) is 6.54 Å². The molecule has 0 aliphatic heterocycles. The van der Waals surface area contributed by atoms with Crippen molar-refractivity contribution in [1.82, 2.24) is 9.97 Å². The van der Waals surface area contributed by atoms with Crippen molar-refractivity contribution in [2.45, 2.75) is 12.7 Å². The number of halogens is 3. The van der Waals surface area contributed by atoms with E-state index in [-0.39, 0.29) is 0 Å². The molecule has 0 unspecified atom stereocenters. The molecule has 3 nitrogen and oxygen atoms in total. The van der Waals surface area contributed by atoms with E-state index in [0.717, 1.165) is 28.7 Å². The number of aromatic amines is 1. The summed E-state index contributed by atoms with van der Waals surface area (Å²) in [5, 5.41) is 3.06. The first-order valence-electron chi connectivity index (χ1n) is 6.37. The van der Waals surface area contributed by atoms with Gasteiger partial charge >= 0.3 is 6.18 Å². The Balaban J connectivity index is 1.69. The summed E-state index contributed by atoms with van der Waals surface area (Å²) in [6, 6.07) is 12.7. The topological polar surface area (TPSA) is 40.7 Å². The lowest BCUT2D eigenvalue weighted by atomic mass is 10.1. The maximum absolute atomic E-state index is 12.5. The van der Waals surface area contributed by atoms with Crippen LogP contribution in [0.5, 0.6) is 0 Å². The molecule has 21 heavy (non-hydrogen) atoms. The Kier molecular flexibility index (Phi) is 3.29. The molecule has 3 rings (SSSR count). The highest BCUT2D eigenvalue weighted by Gasteiger charge is 2.29. The van der Waals surface area contributed by atoms with E-state index in [9.17, 15) is 13.2 Å². The molecule has 1 aromatic heterocycles. The second kappa shape index (κ2) is 5.12. The second-order valence-corrected chi connectivity index (χ2v) is 4.65. The summed E-state index contributed by atoms with van der Waals surface area (Å²) in [6.07, 6.45) is -4.30. The van der Waals surface area contributed by atoms with Crippen LogP contribution in [0.1, 0.15) is 11.1 Å². The third-order valence-corrected chi connectivity index (χ3v) is 3.13. The molecule has 0 saturated heterocycles. The zero-order valence-electron chi connectivity index (χ0n) is 10.9. The molecule has 2 aromatic carbocycles. The van der Waals surface area contributed by atoms with Gasteiger partial charge in [-0.2, -0.15) is 13.2 Å². The minimum atomic E-state index is -4.30. The number of para-hydroxylation sites is 2. The maximum atomic E-state index is 12.5. The van der Waals surface area contributed by atoms with Crippen LogP contribution in [0.4, 0.5) is 19.1 Å². The van der Waals surface area contributed by atoms with E-state index in [1.54, 1.807) is 0 Å². The number of alkyl halides is 3. The molecule has 0 aliphatic carbocycles. The van der Waals surface area contributed by atoms with Crippen molar-refractivity contribution in [3.8, 4) is 0 Å². The highest BCUT2D eigenvalue weighted by molar-refractivity contribution is 5.77. The molecule has 108 valence electrons. The van der Waals surface area contributed by atoms with Gasteiger partial charge in [-0.1, -0.05) is 24.3 Å². The molecule has 1 heterocycles. The SMILES string of the molecule is FC(F)(F)c1ccc(CNc2nc3ccccc3[nH]2)cc1. The van der Waals surface area contributed by atoms with E-state index in [1.165, 1.54) is 12.1 Å². The molecule has 3 aromatic rings. The molecule has 0 aliphatic rings. The number of hydrogen-bond acceptors (Lipinski definition) is 2. The first kappa shape index (κ1) is 13.5. The molecular formula is C15H12F3N3. The number of aromatic nitrogens is 2. The first-order chi connectivity index (χ1) is 10.0. The van der Waals surface area contributed by atoms with Crippen LogP contribution in [0.2, 0.25) is 0 Å². The van der Waals surface area contributed by atoms with Gasteiger partial charge in [0.1, 0.15) is 0 Å². The summed E-state index contributed by atoms with van der Waals surface area (Å²) in [7, 11) is 0. The van der Waals surface area contributed by atoms with Crippen LogP contribution < -0.4 is 5.32 Å². The van der Waals surface area contributed by atoms with Gasteiger partial charge < -0.3 is 10.3 Å². The van der Waals surface area contributed by atoms with E-state index in [0.29, 0.717) is 12.5 Å². The predicted molar refractivity (Wildman–Crippen MR) is 74.9 cm³/mol. The van der Waals surface area contributed by atoms with Gasteiger partial charge in [0.05, 0.1) is 16.6 Å². The van der Waals surface area contributed by atoms with E-state index < -0.39 is 11.7 Å². The lowest BCUT2D eigenvalue weighted by Gasteiger charge is -2.08. The van der Waals surface area contributed by atoms with Crippen molar-refractivity contribution in [3.63, 3.8) is 0 Å². The average Bonchev–Trinajstić information content (AvgIpc) is 2.87. The van der Waals surface area contributed by atoms with Crippen molar-refractivity contribution in [1.29, 1.82) is 0 Å². The first-order valence-corrected chi connectivity index (χ1v) is 6.37. The number of anilines is 1. The number of imidazole rings is 1. The maximum Gasteiger partial charge on any atom is 0.416 e. The van der Waals surface area contributed by atoms with Crippen LogP contribution >= 0.6 is 0 Å². The fourth-order valence-electron chi connectivity index (χ4n) is 2.03. The molecule has 0 atom stereocenters. The Bertz CT molecular complexity index is 712. The van der Waals surface area contributed by atoms with Crippen LogP contribution in [-0.2, 0) is 12.7 Å². The van der Waals surface area contributed by atoms with Crippen molar-refractivity contribution in [3.05, 3.63) is 59.7 Å². The quantitative estimate of drug-likeness (QED) is 0.759. The van der Waals surface area contributed by atoms with Crippen LogP contribution in [0.15, 0.2) is 48.5 Å². The third-order valence-electron chi connectivity index (χ3n) is 3.13. The highest BCUT2D eigenvalue weighted by Crippen LogP contribution is 2.29. The lowest BCUT2D eigenvalue weighted by molar-refractivity contribution is -0.137. The van der Waals surface area contributed by atoms with E-state index >= 15 is 0 Å². The molecule has 6 heteroatoms. The Morgan fingerprint density at radius 1 is 1.00 bits per heavy atom. The largest absolute Gasteiger partial charge is 0.416 e. The third kappa shape index (κ3) is 2.99. The molecule has 0 radical (unpaired) electrons. The van der Waals surface area contributed by atoms with Gasteiger partial charge in [0.15, 0.2) is 0 Å². The number of fused-ring (bicyclic) bond motifs is 1. The summed E-state index contributed by atoms with van der Waals surface area (Å²) in [5.41, 5.74) is 1.86. The lowest BCUT2D eigenvalue weighted by Crippen LogP contribution is -2.06. The standard InChI is InChI=1S/C15H12F3N3/c16-15(17,18)11-7-5-10(6-8-11)9-19-14-20-12-3-1-2-4-13(12)21-14/h1-8H,9H2,(H2,19,20,21). The van der Waals surface area contributed by atoms with Crippen LogP contribution in [-0.4, -0.2) is 9.97 Å². The molecule has 2 N–H and O–H groups in total. The van der Waals surface area contributed by atoms with Gasteiger partial charge in [-0.25, -0.2) is 4.98 Å². The average molecular weight is 291 g/mol. The summed E-state index contributed by atoms with van der Waals surface area (Å²) < 4.78 is 37.4. The smallest absolute Gasteiger partial charge is 0.352 e. The molecule has 0 fully saturated rings. The number of H-pyrrole nitrogens is 1. The van der Waals surface area contributed by atoms with E-state index in [4.69, 9.17) is 0 Å². The molecule has 0 bridgehead atoms. The summed E-state index contributed by atoms with van der Waals surface area (Å²) in [5.74, 6) is 0.594. The summed E-state index contributed by atoms with van der Waals surface area (Å²) >= 11 is 0. The van der Waals surface area contributed by atoms with Crippen LogP contribution in [0.3, 0.4) is 0 Å². The zero-order valence-corrected chi connectivity index (χ0v) is 10.9.